The highest BCUT2D eigenvalue weighted by Crippen LogP contribution is 2.35. The number of H-pyrrole nitrogens is 2. The number of aromatic nitrogens is 4. The van der Waals surface area contributed by atoms with Crippen molar-refractivity contribution in [3.8, 4) is 34.4 Å². The molecule has 4 heterocycles. The van der Waals surface area contributed by atoms with E-state index in [1.165, 1.54) is 0 Å². The molecule has 8 rings (SSSR count). The third-order valence-corrected chi connectivity index (χ3v) is 10.5. The number of carbonyl (C=O) groups is 2. The lowest BCUT2D eigenvalue weighted by molar-refractivity contribution is -0.130. The largest absolute Gasteiger partial charge is 0.346 e. The first-order valence-electron chi connectivity index (χ1n) is 18.7. The molecule has 1 unspecified atom stereocenters. The van der Waals surface area contributed by atoms with Gasteiger partial charge in [0.1, 0.15) is 11.6 Å². The van der Waals surface area contributed by atoms with Crippen molar-refractivity contribution in [2.24, 2.45) is 0 Å². The van der Waals surface area contributed by atoms with Gasteiger partial charge in [0.25, 0.3) is 0 Å². The predicted molar refractivity (Wildman–Crippen MR) is 210 cm³/mol. The molecular formula is C46H42N6O2. The molecular weight excluding hydrogens is 669 g/mol. The van der Waals surface area contributed by atoms with Crippen molar-refractivity contribution in [3.63, 3.8) is 0 Å². The zero-order valence-electron chi connectivity index (χ0n) is 30.5. The number of nitrogens with zero attached hydrogens (tertiary/aromatic N) is 4. The van der Waals surface area contributed by atoms with Gasteiger partial charge in [-0.05, 0) is 80.5 Å². The number of amides is 2. The first-order chi connectivity index (χ1) is 26.4. The first-order valence-corrected chi connectivity index (χ1v) is 18.7. The average molecular weight is 711 g/mol. The van der Waals surface area contributed by atoms with E-state index in [0.717, 1.165) is 107 Å². The summed E-state index contributed by atoms with van der Waals surface area (Å²) >= 11 is 0. The molecule has 54 heavy (non-hydrogen) atoms. The summed E-state index contributed by atoms with van der Waals surface area (Å²) in [5.41, 5.74) is 8.49. The van der Waals surface area contributed by atoms with Crippen molar-refractivity contribution in [1.82, 2.24) is 29.7 Å². The van der Waals surface area contributed by atoms with Crippen LogP contribution in [0.1, 0.15) is 84.2 Å². The summed E-state index contributed by atoms with van der Waals surface area (Å²) in [7, 11) is 0. The van der Waals surface area contributed by atoms with E-state index < -0.39 is 0 Å². The van der Waals surface area contributed by atoms with Crippen molar-refractivity contribution in [2.75, 3.05) is 13.1 Å². The van der Waals surface area contributed by atoms with E-state index in [0.29, 0.717) is 0 Å². The number of aryl methyl sites for hydroxylation is 1. The zero-order chi connectivity index (χ0) is 37.0. The molecule has 8 heteroatoms. The fourth-order valence-corrected chi connectivity index (χ4v) is 7.61. The third kappa shape index (κ3) is 7.35. The molecule has 2 aliphatic heterocycles. The number of benzene rings is 4. The van der Waals surface area contributed by atoms with E-state index in [2.05, 4.69) is 21.8 Å². The van der Waals surface area contributed by atoms with Crippen molar-refractivity contribution in [2.45, 2.75) is 51.6 Å². The Balaban J connectivity index is 0.888. The van der Waals surface area contributed by atoms with E-state index in [1.807, 2.05) is 139 Å². The Morgan fingerprint density at radius 2 is 1.20 bits per heavy atom. The van der Waals surface area contributed by atoms with Crippen LogP contribution in [0.4, 0.5) is 0 Å². The molecule has 6 aromatic rings. The van der Waals surface area contributed by atoms with E-state index in [1.54, 1.807) is 6.42 Å². The maximum atomic E-state index is 13.6. The summed E-state index contributed by atoms with van der Waals surface area (Å²) in [5, 5.41) is 0. The molecule has 268 valence electrons. The molecule has 0 aliphatic carbocycles. The molecule has 2 N–H and O–H groups in total. The Labute approximate surface area is 316 Å². The number of aromatic amines is 2. The van der Waals surface area contributed by atoms with Crippen LogP contribution in [0, 0.1) is 31.1 Å². The fourth-order valence-electron chi connectivity index (χ4n) is 7.61. The number of hydrogen-bond donors (Lipinski definition) is 2. The molecule has 2 radical (unpaired) electrons. The minimum absolute atomic E-state index is 0.0124. The fraction of sp³-hybridized carbons (Fsp3) is 0.217. The summed E-state index contributed by atoms with van der Waals surface area (Å²) < 4.78 is 0. The Hall–Kier alpha value is -6.20. The second-order valence-corrected chi connectivity index (χ2v) is 14.1. The standard InChI is InChI=1S/C46H42N6O2/c1-31-10-6-7-13-38(31)32(2)46(54)52-27-9-15-42(52)45-48-30-40(50-45)37-24-20-34(21-25-37)17-16-33-18-22-36(23-19-33)39-29-47-44(49-39)41-14-8-26-51(41)43(53)28-35-11-4-3-5-12-35/h3-7,10-13,18-25,28-30,41-42H,8-9,14-15,26-27H2,1-2H3,(H,47,49)(H,48,50)/t41?,42-/m0/s1. The number of carbonyl (C=O) groups excluding carboxylic acids is 2. The molecule has 0 spiro atoms. The Morgan fingerprint density at radius 3 is 1.78 bits per heavy atom. The number of hydrogen-bond acceptors (Lipinski definition) is 4. The normalized spacial score (nSPS) is 16.8. The van der Waals surface area contributed by atoms with Crippen LogP contribution in [0.25, 0.3) is 22.5 Å². The van der Waals surface area contributed by atoms with Crippen LogP contribution >= 0.6 is 0 Å². The van der Waals surface area contributed by atoms with Gasteiger partial charge in [-0.3, -0.25) is 9.59 Å². The van der Waals surface area contributed by atoms with Crippen LogP contribution in [0.15, 0.2) is 116 Å². The number of imidazole rings is 2. The van der Waals surface area contributed by atoms with Crippen molar-refractivity contribution >= 4 is 11.8 Å². The lowest BCUT2D eigenvalue weighted by Crippen LogP contribution is -2.34. The summed E-state index contributed by atoms with van der Waals surface area (Å²) in [6, 6.07) is 33.8. The minimum atomic E-state index is -0.0749. The molecule has 2 atom stereocenters. The van der Waals surface area contributed by atoms with E-state index >= 15 is 0 Å². The molecule has 2 fully saturated rings. The van der Waals surface area contributed by atoms with E-state index in [-0.39, 0.29) is 23.9 Å². The molecule has 2 aromatic heterocycles. The molecule has 2 saturated heterocycles. The maximum absolute atomic E-state index is 13.6. The van der Waals surface area contributed by atoms with Gasteiger partial charge in [0.05, 0.1) is 35.8 Å². The van der Waals surface area contributed by atoms with Crippen LogP contribution in [0.3, 0.4) is 0 Å². The van der Waals surface area contributed by atoms with Crippen LogP contribution < -0.4 is 0 Å². The average Bonchev–Trinajstić information content (AvgIpc) is 4.05. The summed E-state index contributed by atoms with van der Waals surface area (Å²) in [6.07, 6.45) is 9.21. The van der Waals surface area contributed by atoms with Crippen molar-refractivity contribution < 1.29 is 9.59 Å². The lowest BCUT2D eigenvalue weighted by atomic mass is 9.95. The van der Waals surface area contributed by atoms with Gasteiger partial charge in [0.15, 0.2) is 0 Å². The van der Waals surface area contributed by atoms with Gasteiger partial charge in [-0.2, -0.15) is 0 Å². The van der Waals surface area contributed by atoms with Crippen molar-refractivity contribution in [1.29, 1.82) is 0 Å². The maximum Gasteiger partial charge on any atom is 0.235 e. The van der Waals surface area contributed by atoms with Gasteiger partial charge in [-0.15, -0.1) is 0 Å². The quantitative estimate of drug-likeness (QED) is 0.155. The number of nitrogens with one attached hydrogen (secondary N) is 2. The highest BCUT2D eigenvalue weighted by atomic mass is 16.2. The van der Waals surface area contributed by atoms with Gasteiger partial charge in [-0.1, -0.05) is 90.7 Å². The molecule has 2 aliphatic rings. The second kappa shape index (κ2) is 15.4. The van der Waals surface area contributed by atoms with Gasteiger partial charge in [-0.25, -0.2) is 9.97 Å². The molecule has 8 nitrogen and oxygen atoms in total. The van der Waals surface area contributed by atoms with Crippen LogP contribution in [-0.2, 0) is 9.59 Å². The van der Waals surface area contributed by atoms with E-state index in [4.69, 9.17) is 9.97 Å². The van der Waals surface area contributed by atoms with Gasteiger partial charge in [0, 0.05) is 47.7 Å². The minimum Gasteiger partial charge on any atom is -0.346 e. The molecule has 0 saturated carbocycles. The number of rotatable bonds is 8. The Kier molecular flexibility index (Phi) is 9.95. The predicted octanol–water partition coefficient (Wildman–Crippen LogP) is 8.40. The van der Waals surface area contributed by atoms with E-state index in [9.17, 15) is 9.59 Å². The smallest absolute Gasteiger partial charge is 0.235 e. The highest BCUT2D eigenvalue weighted by molar-refractivity contribution is 5.94. The van der Waals surface area contributed by atoms with Crippen LogP contribution in [0.2, 0.25) is 0 Å². The lowest BCUT2D eigenvalue weighted by Gasteiger charge is -2.26. The summed E-state index contributed by atoms with van der Waals surface area (Å²) in [6.45, 7) is 5.41. The second-order valence-electron chi connectivity index (χ2n) is 14.1. The third-order valence-electron chi connectivity index (χ3n) is 10.5. The number of likely N-dealkylation sites (tertiary alicyclic amines) is 2. The van der Waals surface area contributed by atoms with Crippen LogP contribution in [0.5, 0.6) is 0 Å². The van der Waals surface area contributed by atoms with Crippen LogP contribution in [-0.4, -0.2) is 54.6 Å². The van der Waals surface area contributed by atoms with Gasteiger partial charge in [0.2, 0.25) is 11.8 Å². The van der Waals surface area contributed by atoms with Crippen molar-refractivity contribution in [3.05, 3.63) is 167 Å². The SMILES string of the molecule is C[C](C(=O)N1CCC[C@H]1c1nc(-c2ccc(C#Cc3ccc(-c4c[nH]c(C5CCCN5C(=O)[CH]c5ccccc5)n4)cc3)cc2)c[nH]1)c1ccccc1C. The first kappa shape index (κ1) is 34.9. The summed E-state index contributed by atoms with van der Waals surface area (Å²) in [4.78, 5) is 47.1. The molecule has 2 amide bonds. The van der Waals surface area contributed by atoms with Gasteiger partial charge >= 0.3 is 0 Å². The Morgan fingerprint density at radius 1 is 0.685 bits per heavy atom. The monoisotopic (exact) mass is 710 g/mol. The zero-order valence-corrected chi connectivity index (χ0v) is 30.5. The highest BCUT2D eigenvalue weighted by Gasteiger charge is 2.35. The Bertz CT molecular complexity index is 2310. The molecule has 4 aromatic carbocycles. The van der Waals surface area contributed by atoms with Gasteiger partial charge < -0.3 is 19.8 Å². The topological polar surface area (TPSA) is 98.0 Å². The molecule has 0 bridgehead atoms. The summed E-state index contributed by atoms with van der Waals surface area (Å²) in [5.74, 6) is 9.04.